The lowest BCUT2D eigenvalue weighted by molar-refractivity contribution is 0.188. The Labute approximate surface area is 142 Å². The van der Waals surface area contributed by atoms with Crippen LogP contribution in [-0.2, 0) is 0 Å². The van der Waals surface area contributed by atoms with Gasteiger partial charge in [-0.05, 0) is 30.1 Å². The first-order valence-corrected chi connectivity index (χ1v) is 10.4. The summed E-state index contributed by atoms with van der Waals surface area (Å²) in [5, 5.41) is 0. The molecule has 22 heavy (non-hydrogen) atoms. The minimum atomic E-state index is 0.895. The maximum atomic E-state index is 4.03. The zero-order chi connectivity index (χ0) is 16.8. The SMILES string of the molecule is [CH2]CCCC(CC)CC(CCCCCC)C(C)C(C)CCC. The maximum Gasteiger partial charge on any atom is -0.0383 e. The van der Waals surface area contributed by atoms with Crippen LogP contribution in [0.5, 0.6) is 0 Å². The summed E-state index contributed by atoms with van der Waals surface area (Å²) in [5.74, 6) is 3.68. The average molecular weight is 310 g/mol. The molecule has 0 aromatic heterocycles. The van der Waals surface area contributed by atoms with Crippen molar-refractivity contribution in [3.05, 3.63) is 6.92 Å². The highest BCUT2D eigenvalue weighted by atomic mass is 14.3. The van der Waals surface area contributed by atoms with Crippen molar-refractivity contribution >= 4 is 0 Å². The molecule has 0 heterocycles. The van der Waals surface area contributed by atoms with E-state index in [2.05, 4.69) is 41.5 Å². The molecule has 0 aromatic rings. The fraction of sp³-hybridized carbons (Fsp3) is 0.955. The van der Waals surface area contributed by atoms with Gasteiger partial charge in [0.25, 0.3) is 0 Å². The largest absolute Gasteiger partial charge is 0.0654 e. The van der Waals surface area contributed by atoms with Gasteiger partial charge in [0.1, 0.15) is 0 Å². The zero-order valence-corrected chi connectivity index (χ0v) is 16.5. The first-order valence-electron chi connectivity index (χ1n) is 10.4. The van der Waals surface area contributed by atoms with E-state index in [0.29, 0.717) is 0 Å². The fourth-order valence-corrected chi connectivity index (χ4v) is 3.96. The predicted molar refractivity (Wildman–Crippen MR) is 103 cm³/mol. The zero-order valence-electron chi connectivity index (χ0n) is 16.5. The molecule has 4 unspecified atom stereocenters. The highest BCUT2D eigenvalue weighted by Crippen LogP contribution is 2.35. The molecule has 0 aromatic carbocycles. The van der Waals surface area contributed by atoms with Crippen LogP contribution in [0.2, 0.25) is 0 Å². The van der Waals surface area contributed by atoms with Crippen LogP contribution in [0.4, 0.5) is 0 Å². The van der Waals surface area contributed by atoms with E-state index in [1.54, 1.807) is 0 Å². The summed E-state index contributed by atoms with van der Waals surface area (Å²) in [6, 6.07) is 0. The summed E-state index contributed by atoms with van der Waals surface area (Å²) in [4.78, 5) is 0. The molecule has 4 atom stereocenters. The predicted octanol–water partition coefficient (Wildman–Crippen LogP) is 8.07. The summed E-state index contributed by atoms with van der Waals surface area (Å²) < 4.78 is 0. The monoisotopic (exact) mass is 309 g/mol. The Morgan fingerprint density at radius 2 is 1.50 bits per heavy atom. The molecule has 0 heteroatoms. The minimum absolute atomic E-state index is 0.895. The quantitative estimate of drug-likeness (QED) is 0.268. The van der Waals surface area contributed by atoms with Gasteiger partial charge in [-0.1, -0.05) is 112 Å². The van der Waals surface area contributed by atoms with Gasteiger partial charge < -0.3 is 0 Å². The third kappa shape index (κ3) is 9.90. The molecule has 0 aliphatic heterocycles. The molecule has 0 fully saturated rings. The van der Waals surface area contributed by atoms with Gasteiger partial charge >= 0.3 is 0 Å². The summed E-state index contributed by atoms with van der Waals surface area (Å²) in [7, 11) is 0. The van der Waals surface area contributed by atoms with Gasteiger partial charge in [-0.15, -0.1) is 0 Å². The van der Waals surface area contributed by atoms with Crippen molar-refractivity contribution in [1.82, 2.24) is 0 Å². The van der Waals surface area contributed by atoms with Crippen LogP contribution in [0, 0.1) is 30.6 Å². The van der Waals surface area contributed by atoms with Gasteiger partial charge in [0.2, 0.25) is 0 Å². The number of hydrogen-bond donors (Lipinski definition) is 0. The summed E-state index contributed by atoms with van der Waals surface area (Å²) >= 11 is 0. The Balaban J connectivity index is 4.53. The van der Waals surface area contributed by atoms with Crippen LogP contribution >= 0.6 is 0 Å². The van der Waals surface area contributed by atoms with Crippen LogP contribution in [0.25, 0.3) is 0 Å². The van der Waals surface area contributed by atoms with E-state index in [0.717, 1.165) is 30.1 Å². The summed E-state index contributed by atoms with van der Waals surface area (Å²) in [6.07, 6.45) is 16.5. The molecule has 0 aliphatic carbocycles. The molecule has 0 nitrogen and oxygen atoms in total. The van der Waals surface area contributed by atoms with E-state index in [1.807, 2.05) is 0 Å². The number of unbranched alkanes of at least 4 members (excludes halogenated alkanes) is 4. The molecule has 0 amide bonds. The molecule has 0 bridgehead atoms. The lowest BCUT2D eigenvalue weighted by Crippen LogP contribution is -2.22. The van der Waals surface area contributed by atoms with Crippen molar-refractivity contribution in [2.75, 3.05) is 0 Å². The average Bonchev–Trinajstić information content (AvgIpc) is 2.53. The second kappa shape index (κ2) is 14.6. The lowest BCUT2D eigenvalue weighted by atomic mass is 9.74. The van der Waals surface area contributed by atoms with E-state index in [9.17, 15) is 0 Å². The molecule has 0 spiro atoms. The van der Waals surface area contributed by atoms with Crippen molar-refractivity contribution < 1.29 is 0 Å². The standard InChI is InChI=1S/C22H45/c1-7-11-13-14-17-22(20(6)19(5)15-9-3)18-21(10-4)16-12-8-2/h19-22H,2,7-18H2,1,3-6H3. The molecule has 133 valence electrons. The van der Waals surface area contributed by atoms with Crippen LogP contribution in [0.15, 0.2) is 0 Å². The Morgan fingerprint density at radius 3 is 2.05 bits per heavy atom. The highest BCUT2D eigenvalue weighted by molar-refractivity contribution is 4.75. The van der Waals surface area contributed by atoms with E-state index >= 15 is 0 Å². The maximum absolute atomic E-state index is 4.03. The Kier molecular flexibility index (Phi) is 14.6. The lowest BCUT2D eigenvalue weighted by Gasteiger charge is -2.32. The fourth-order valence-electron chi connectivity index (χ4n) is 3.96. The highest BCUT2D eigenvalue weighted by Gasteiger charge is 2.24. The molecule has 0 aliphatic rings. The van der Waals surface area contributed by atoms with Crippen molar-refractivity contribution in [3.63, 3.8) is 0 Å². The Bertz CT molecular complexity index is 220. The second-order valence-electron chi connectivity index (χ2n) is 7.74. The smallest absolute Gasteiger partial charge is 0.0383 e. The van der Waals surface area contributed by atoms with Gasteiger partial charge in [-0.25, -0.2) is 0 Å². The van der Waals surface area contributed by atoms with Gasteiger partial charge in [0.05, 0.1) is 0 Å². The van der Waals surface area contributed by atoms with E-state index in [4.69, 9.17) is 0 Å². The van der Waals surface area contributed by atoms with Crippen LogP contribution in [-0.4, -0.2) is 0 Å². The second-order valence-corrected chi connectivity index (χ2v) is 7.74. The van der Waals surface area contributed by atoms with Crippen molar-refractivity contribution in [2.45, 2.75) is 112 Å². The van der Waals surface area contributed by atoms with Gasteiger partial charge in [-0.2, -0.15) is 0 Å². The molecule has 0 rings (SSSR count). The molecule has 0 saturated heterocycles. The molecule has 1 radical (unpaired) electrons. The summed E-state index contributed by atoms with van der Waals surface area (Å²) in [6.45, 7) is 16.1. The first-order chi connectivity index (χ1) is 10.6. The topological polar surface area (TPSA) is 0 Å². The molecule has 0 N–H and O–H groups in total. The van der Waals surface area contributed by atoms with Crippen molar-refractivity contribution in [3.8, 4) is 0 Å². The molecular weight excluding hydrogens is 264 g/mol. The summed E-state index contributed by atoms with van der Waals surface area (Å²) in [5.41, 5.74) is 0. The van der Waals surface area contributed by atoms with E-state index < -0.39 is 0 Å². The van der Waals surface area contributed by atoms with E-state index in [-0.39, 0.29) is 0 Å². The number of hydrogen-bond acceptors (Lipinski definition) is 0. The normalized spacial score (nSPS) is 17.2. The number of rotatable bonds is 15. The Hall–Kier alpha value is 0. The van der Waals surface area contributed by atoms with Crippen LogP contribution in [0.3, 0.4) is 0 Å². The minimum Gasteiger partial charge on any atom is -0.0654 e. The third-order valence-corrected chi connectivity index (χ3v) is 5.89. The van der Waals surface area contributed by atoms with Gasteiger partial charge in [-0.3, -0.25) is 0 Å². The van der Waals surface area contributed by atoms with Crippen LogP contribution < -0.4 is 0 Å². The molecular formula is C22H45. The van der Waals surface area contributed by atoms with Crippen molar-refractivity contribution in [2.24, 2.45) is 23.7 Å². The third-order valence-electron chi connectivity index (χ3n) is 5.89. The van der Waals surface area contributed by atoms with Crippen LogP contribution in [0.1, 0.15) is 112 Å². The molecule has 0 saturated carbocycles. The van der Waals surface area contributed by atoms with Gasteiger partial charge in [0.15, 0.2) is 0 Å². The Morgan fingerprint density at radius 1 is 0.773 bits per heavy atom. The van der Waals surface area contributed by atoms with E-state index in [1.165, 1.54) is 70.6 Å². The van der Waals surface area contributed by atoms with Gasteiger partial charge in [0, 0.05) is 0 Å². The first kappa shape index (κ1) is 22.0. The van der Waals surface area contributed by atoms with Crippen molar-refractivity contribution in [1.29, 1.82) is 0 Å².